The van der Waals surface area contributed by atoms with Crippen molar-refractivity contribution in [3.05, 3.63) is 0 Å². The molecule has 0 aromatic heterocycles. The molecule has 1 radical (unpaired) electrons. The van der Waals surface area contributed by atoms with Crippen molar-refractivity contribution in [3.63, 3.8) is 0 Å². The molecule has 35 valence electrons. The molecule has 0 heterocycles. The SMILES string of the molecule is [O]=[Bi].[O]=[Mo](=[O])=[O]. The fraction of sp³-hybridized carbons (Fsp3) is 0. The summed E-state index contributed by atoms with van der Waals surface area (Å²) < 4.78 is 34.1. The molecule has 0 aliphatic heterocycles. The summed E-state index contributed by atoms with van der Waals surface area (Å²) in [5.74, 6) is 0. The van der Waals surface area contributed by atoms with Gasteiger partial charge in [0.1, 0.15) is 0 Å². The third-order valence-electron chi connectivity index (χ3n) is 0. The molecule has 0 saturated carbocycles. The average Bonchev–Trinajstić information content (AvgIpc) is 1.41. The Bertz CT molecular complexity index is 87.7. The molecule has 0 aliphatic rings. The fourth-order valence-electron chi connectivity index (χ4n) is 0. The van der Waals surface area contributed by atoms with Crippen LogP contribution in [0.1, 0.15) is 0 Å². The van der Waals surface area contributed by atoms with Crippen LogP contribution in [0.25, 0.3) is 0 Å². The Hall–Kier alpha value is 0.771. The second kappa shape index (κ2) is 9.24. The molecule has 0 aromatic carbocycles. The first-order chi connectivity index (χ1) is 2.73. The van der Waals surface area contributed by atoms with Gasteiger partial charge >= 0.3 is 54.9 Å². The van der Waals surface area contributed by atoms with Crippen molar-refractivity contribution in [2.75, 3.05) is 0 Å². The summed E-state index contributed by atoms with van der Waals surface area (Å²) in [6.07, 6.45) is 0. The van der Waals surface area contributed by atoms with E-state index in [9.17, 15) is 0 Å². The molecule has 6 heteroatoms. The molecule has 0 amide bonds. The van der Waals surface area contributed by atoms with Crippen LogP contribution < -0.4 is 0 Å². The zero-order valence-corrected chi connectivity index (χ0v) is 7.97. The first-order valence-corrected chi connectivity index (χ1v) is 4.56. The predicted molar refractivity (Wildman–Crippen MR) is 8.50 cm³/mol. The Kier molecular flexibility index (Phi) is 15.3. The summed E-state index contributed by atoms with van der Waals surface area (Å²) in [6, 6.07) is 0. The van der Waals surface area contributed by atoms with Gasteiger partial charge in [-0.1, -0.05) is 0 Å². The van der Waals surface area contributed by atoms with E-state index in [2.05, 4.69) is 0 Å². The standard InChI is InChI=1S/Bi.Mo.4O. The van der Waals surface area contributed by atoms with E-state index in [0.717, 1.165) is 0 Å². The quantitative estimate of drug-likeness (QED) is 0.522. The second-order valence-corrected chi connectivity index (χ2v) is 1.21. The molecule has 0 atom stereocenters. The normalized spacial score (nSPS) is 4.67. The van der Waals surface area contributed by atoms with E-state index in [1.165, 1.54) is 0 Å². The average molecular weight is 369 g/mol. The number of hydrogen-bond donors (Lipinski definition) is 0. The van der Waals surface area contributed by atoms with E-state index >= 15 is 0 Å². The molecular weight excluding hydrogens is 369 g/mol. The van der Waals surface area contributed by atoms with E-state index in [1.54, 1.807) is 0 Å². The van der Waals surface area contributed by atoms with Gasteiger partial charge in [0.25, 0.3) is 0 Å². The molecule has 0 spiro atoms. The Morgan fingerprint density at radius 1 is 1.00 bits per heavy atom. The van der Waals surface area contributed by atoms with Crippen molar-refractivity contribution in [2.45, 2.75) is 0 Å². The van der Waals surface area contributed by atoms with Crippen LogP contribution in [-0.4, -0.2) is 24.7 Å². The number of hydrogen-bond acceptors (Lipinski definition) is 4. The Morgan fingerprint density at radius 3 is 1.00 bits per heavy atom. The summed E-state index contributed by atoms with van der Waals surface area (Å²) in [7, 11) is 0. The van der Waals surface area contributed by atoms with E-state index in [1.807, 2.05) is 0 Å². The first kappa shape index (κ1) is 9.91. The van der Waals surface area contributed by atoms with Crippen molar-refractivity contribution in [1.82, 2.24) is 0 Å². The Morgan fingerprint density at radius 2 is 1.00 bits per heavy atom. The molecule has 0 aromatic rings. The van der Waals surface area contributed by atoms with Gasteiger partial charge in [0.15, 0.2) is 0 Å². The molecule has 0 aliphatic carbocycles. The minimum atomic E-state index is -4.11. The van der Waals surface area contributed by atoms with Crippen LogP contribution in [-0.2, 0) is 30.2 Å². The van der Waals surface area contributed by atoms with Gasteiger partial charge in [-0.15, -0.1) is 0 Å². The summed E-state index contributed by atoms with van der Waals surface area (Å²) in [5.41, 5.74) is 0. The maximum absolute atomic E-state index is 8.59. The second-order valence-electron chi connectivity index (χ2n) is 0.204. The van der Waals surface area contributed by atoms with Crippen LogP contribution in [0, 0.1) is 0 Å². The van der Waals surface area contributed by atoms with Gasteiger partial charge in [-0.05, 0) is 0 Å². The Labute approximate surface area is 54.7 Å². The van der Waals surface area contributed by atoms with E-state index in [-0.39, 0.29) is 24.7 Å². The zero-order valence-electron chi connectivity index (χ0n) is 2.49. The van der Waals surface area contributed by atoms with Gasteiger partial charge in [0.2, 0.25) is 0 Å². The molecule has 0 N–H and O–H groups in total. The molecule has 6 heavy (non-hydrogen) atoms. The van der Waals surface area contributed by atoms with Crippen LogP contribution in [0.2, 0.25) is 0 Å². The van der Waals surface area contributed by atoms with E-state index in [4.69, 9.17) is 13.0 Å². The van der Waals surface area contributed by atoms with Crippen molar-refractivity contribution in [2.24, 2.45) is 0 Å². The van der Waals surface area contributed by atoms with Gasteiger partial charge in [-0.2, -0.15) is 0 Å². The van der Waals surface area contributed by atoms with Crippen molar-refractivity contribution in [3.8, 4) is 0 Å². The predicted octanol–water partition coefficient (Wildman–Crippen LogP) is -0.859. The molecular formula is BiMoO4. The summed E-state index contributed by atoms with van der Waals surface area (Å²) in [4.78, 5) is 0. The van der Waals surface area contributed by atoms with Crippen molar-refractivity contribution >= 4 is 24.7 Å². The first-order valence-electron chi connectivity index (χ1n) is 0.683. The molecule has 0 rings (SSSR count). The number of rotatable bonds is 0. The van der Waals surface area contributed by atoms with E-state index in [0.29, 0.717) is 0 Å². The molecule has 0 bridgehead atoms. The third-order valence-corrected chi connectivity index (χ3v) is 0. The zero-order chi connectivity index (χ0) is 5.58. The van der Waals surface area contributed by atoms with Crippen molar-refractivity contribution in [1.29, 1.82) is 0 Å². The molecule has 0 unspecified atom stereocenters. The van der Waals surface area contributed by atoms with E-state index < -0.39 is 17.2 Å². The fourth-order valence-corrected chi connectivity index (χ4v) is 0. The van der Waals surface area contributed by atoms with Gasteiger partial charge < -0.3 is 0 Å². The summed E-state index contributed by atoms with van der Waals surface area (Å²) >= 11 is -3.91. The van der Waals surface area contributed by atoms with Crippen LogP contribution >= 0.6 is 0 Å². The van der Waals surface area contributed by atoms with Crippen LogP contribution in [0.15, 0.2) is 0 Å². The van der Waals surface area contributed by atoms with Gasteiger partial charge in [0.05, 0.1) is 0 Å². The van der Waals surface area contributed by atoms with Gasteiger partial charge in [-0.3, -0.25) is 0 Å². The third kappa shape index (κ3) is 114. The molecule has 4 nitrogen and oxygen atoms in total. The molecule has 0 fully saturated rings. The molecule has 0 saturated heterocycles. The summed E-state index contributed by atoms with van der Waals surface area (Å²) in [5, 5.41) is 0. The van der Waals surface area contributed by atoms with Crippen molar-refractivity contribution < 1.29 is 30.2 Å². The monoisotopic (exact) mass is 371 g/mol. The van der Waals surface area contributed by atoms with Crippen LogP contribution in [0.3, 0.4) is 0 Å². The van der Waals surface area contributed by atoms with Gasteiger partial charge in [0, 0.05) is 0 Å². The van der Waals surface area contributed by atoms with Crippen LogP contribution in [0.4, 0.5) is 0 Å². The maximum atomic E-state index is 8.59. The van der Waals surface area contributed by atoms with Crippen LogP contribution in [0.5, 0.6) is 0 Å². The topological polar surface area (TPSA) is 68.3 Å². The Balaban J connectivity index is 0. The summed E-state index contributed by atoms with van der Waals surface area (Å²) in [6.45, 7) is 0. The van der Waals surface area contributed by atoms with Gasteiger partial charge in [-0.25, -0.2) is 0 Å². The minimum absolute atomic E-state index is 0.194.